The van der Waals surface area contributed by atoms with Gasteiger partial charge in [0.1, 0.15) is 0 Å². The summed E-state index contributed by atoms with van der Waals surface area (Å²) in [5, 5.41) is 10.6. The summed E-state index contributed by atoms with van der Waals surface area (Å²) in [6.45, 7) is 8.82. The van der Waals surface area contributed by atoms with Crippen LogP contribution in [0.3, 0.4) is 0 Å². The first-order chi connectivity index (χ1) is 12.1. The molecule has 0 spiro atoms. The van der Waals surface area contributed by atoms with E-state index in [9.17, 15) is 0 Å². The fourth-order valence-corrected chi connectivity index (χ4v) is 2.23. The zero-order valence-electron chi connectivity index (χ0n) is 15.5. The molecule has 0 unspecified atom stereocenters. The summed E-state index contributed by atoms with van der Waals surface area (Å²) in [5.74, 6) is 1.88. The Balaban J connectivity index is 1.79. The van der Waals surface area contributed by atoms with Crippen molar-refractivity contribution in [1.82, 2.24) is 15.8 Å². The molecule has 2 rings (SSSR count). The predicted octanol–water partition coefficient (Wildman–Crippen LogP) is 3.20. The van der Waals surface area contributed by atoms with Crippen LogP contribution >= 0.6 is 0 Å². The molecule has 2 N–H and O–H groups in total. The maximum atomic E-state index is 5.41. The second-order valence-corrected chi connectivity index (χ2v) is 6.11. The van der Waals surface area contributed by atoms with Crippen LogP contribution in [0.25, 0.3) is 0 Å². The molecule has 0 amide bonds. The summed E-state index contributed by atoms with van der Waals surface area (Å²) < 4.78 is 10.7. The van der Waals surface area contributed by atoms with E-state index in [1.54, 1.807) is 7.05 Å². The monoisotopic (exact) mass is 344 g/mol. The number of nitrogens with one attached hydrogen (secondary N) is 2. The maximum absolute atomic E-state index is 5.41. The predicted molar refractivity (Wildman–Crippen MR) is 99.4 cm³/mol. The van der Waals surface area contributed by atoms with Crippen LogP contribution in [0.2, 0.25) is 0 Å². The molecule has 0 aliphatic carbocycles. The van der Waals surface area contributed by atoms with Gasteiger partial charge >= 0.3 is 0 Å². The van der Waals surface area contributed by atoms with Crippen LogP contribution < -0.4 is 10.6 Å². The number of rotatable bonds is 8. The zero-order valence-corrected chi connectivity index (χ0v) is 15.5. The Labute approximate surface area is 149 Å². The minimum atomic E-state index is 0.362. The number of benzene rings is 1. The molecule has 0 bridgehead atoms. The third-order valence-corrected chi connectivity index (χ3v) is 3.78. The lowest BCUT2D eigenvalue weighted by atomic mass is 10.1. The molecule has 1 heterocycles. The molecule has 6 heteroatoms. The molecule has 136 valence electrons. The molecular weight excluding hydrogens is 316 g/mol. The minimum Gasteiger partial charge on any atom is -0.377 e. The normalized spacial score (nSPS) is 11.8. The number of ether oxygens (including phenoxy) is 1. The number of guanidine groups is 1. The first kappa shape index (κ1) is 19.0. The van der Waals surface area contributed by atoms with Gasteiger partial charge in [-0.15, -0.1) is 0 Å². The second kappa shape index (κ2) is 9.84. The van der Waals surface area contributed by atoms with Crippen molar-refractivity contribution >= 4 is 5.96 Å². The van der Waals surface area contributed by atoms with Gasteiger partial charge in [-0.3, -0.25) is 4.99 Å². The molecule has 1 aromatic heterocycles. The fourth-order valence-electron chi connectivity index (χ4n) is 2.23. The van der Waals surface area contributed by atoms with Crippen molar-refractivity contribution in [2.75, 3.05) is 13.7 Å². The molecule has 0 fully saturated rings. The molecule has 0 saturated heterocycles. The lowest BCUT2D eigenvalue weighted by Crippen LogP contribution is -2.36. The third-order valence-electron chi connectivity index (χ3n) is 3.78. The summed E-state index contributed by atoms with van der Waals surface area (Å²) in [6, 6.07) is 10.3. The van der Waals surface area contributed by atoms with Crippen LogP contribution in [0.15, 0.2) is 39.8 Å². The highest BCUT2D eigenvalue weighted by Crippen LogP contribution is 2.13. The Morgan fingerprint density at radius 1 is 1.16 bits per heavy atom. The van der Waals surface area contributed by atoms with Crippen LogP contribution in [-0.2, 0) is 24.4 Å². The lowest BCUT2D eigenvalue weighted by Gasteiger charge is -2.11. The summed E-state index contributed by atoms with van der Waals surface area (Å²) in [7, 11) is 1.75. The highest BCUT2D eigenvalue weighted by Gasteiger charge is 2.08. The molecule has 0 aliphatic heterocycles. The van der Waals surface area contributed by atoms with Gasteiger partial charge in [0.15, 0.2) is 11.7 Å². The average Bonchev–Trinajstić information content (AvgIpc) is 3.10. The molecule has 6 nitrogen and oxygen atoms in total. The molecule has 0 atom stereocenters. The Morgan fingerprint density at radius 2 is 1.84 bits per heavy atom. The first-order valence-electron chi connectivity index (χ1n) is 8.68. The Hall–Kier alpha value is -2.34. The number of aromatic nitrogens is 1. The zero-order chi connectivity index (χ0) is 18.1. The first-order valence-corrected chi connectivity index (χ1v) is 8.68. The summed E-state index contributed by atoms with van der Waals surface area (Å²) in [5.41, 5.74) is 3.33. The summed E-state index contributed by atoms with van der Waals surface area (Å²) in [4.78, 5) is 4.23. The van der Waals surface area contributed by atoms with Crippen molar-refractivity contribution in [3.8, 4) is 0 Å². The highest BCUT2D eigenvalue weighted by atomic mass is 16.5. The largest absolute Gasteiger partial charge is 0.377 e. The van der Waals surface area contributed by atoms with E-state index in [-0.39, 0.29) is 0 Å². The van der Waals surface area contributed by atoms with E-state index in [0.717, 1.165) is 24.0 Å². The van der Waals surface area contributed by atoms with E-state index < -0.39 is 0 Å². The van der Waals surface area contributed by atoms with Gasteiger partial charge in [0.05, 0.1) is 18.8 Å². The van der Waals surface area contributed by atoms with Crippen LogP contribution in [0, 0.1) is 0 Å². The van der Waals surface area contributed by atoms with Gasteiger partial charge in [0.25, 0.3) is 0 Å². The number of hydrogen-bond donors (Lipinski definition) is 2. The Bertz CT molecular complexity index is 662. The molecule has 0 radical (unpaired) electrons. The van der Waals surface area contributed by atoms with Crippen molar-refractivity contribution in [3.05, 3.63) is 52.9 Å². The lowest BCUT2D eigenvalue weighted by molar-refractivity contribution is 0.134. The van der Waals surface area contributed by atoms with Crippen molar-refractivity contribution in [3.63, 3.8) is 0 Å². The quantitative estimate of drug-likeness (QED) is 0.568. The smallest absolute Gasteiger partial charge is 0.191 e. The maximum Gasteiger partial charge on any atom is 0.191 e. The Kier molecular flexibility index (Phi) is 7.47. The second-order valence-electron chi connectivity index (χ2n) is 6.11. The van der Waals surface area contributed by atoms with Crippen LogP contribution in [0.4, 0.5) is 0 Å². The van der Waals surface area contributed by atoms with Crippen molar-refractivity contribution in [2.45, 2.75) is 46.4 Å². The van der Waals surface area contributed by atoms with Crippen molar-refractivity contribution in [1.29, 1.82) is 0 Å². The Morgan fingerprint density at radius 3 is 2.44 bits per heavy atom. The molecule has 0 aliphatic rings. The number of hydrogen-bond acceptors (Lipinski definition) is 4. The molecule has 25 heavy (non-hydrogen) atoms. The van der Waals surface area contributed by atoms with Crippen LogP contribution in [-0.4, -0.2) is 24.8 Å². The highest BCUT2D eigenvalue weighted by molar-refractivity contribution is 5.79. The van der Waals surface area contributed by atoms with E-state index >= 15 is 0 Å². The van der Waals surface area contributed by atoms with Crippen molar-refractivity contribution < 1.29 is 9.26 Å². The summed E-state index contributed by atoms with van der Waals surface area (Å²) >= 11 is 0. The van der Waals surface area contributed by atoms with E-state index in [2.05, 4.69) is 58.9 Å². The van der Waals surface area contributed by atoms with Gasteiger partial charge in [0.2, 0.25) is 0 Å². The summed E-state index contributed by atoms with van der Waals surface area (Å²) in [6.07, 6.45) is 0. The molecule has 2 aromatic rings. The van der Waals surface area contributed by atoms with Gasteiger partial charge in [-0.1, -0.05) is 43.3 Å². The van der Waals surface area contributed by atoms with E-state index in [1.165, 1.54) is 11.1 Å². The average molecular weight is 344 g/mol. The van der Waals surface area contributed by atoms with Crippen LogP contribution in [0.1, 0.15) is 49.3 Å². The van der Waals surface area contributed by atoms with Crippen molar-refractivity contribution in [2.24, 2.45) is 4.99 Å². The standard InChI is InChI=1S/C19H28N4O2/c1-5-24-13-16-8-6-15(7-9-16)11-21-19(20-4)22-12-17-10-18(14(2)3)23-25-17/h6-10,14H,5,11-13H2,1-4H3,(H2,20,21,22). The molecule has 0 saturated carbocycles. The van der Waals surface area contributed by atoms with E-state index in [4.69, 9.17) is 9.26 Å². The number of aliphatic imine (C=N–C) groups is 1. The fraction of sp³-hybridized carbons (Fsp3) is 0.474. The van der Waals surface area contributed by atoms with Gasteiger partial charge in [-0.2, -0.15) is 0 Å². The van der Waals surface area contributed by atoms with E-state index in [1.807, 2.05) is 13.0 Å². The SMILES string of the molecule is CCOCc1ccc(CNC(=NC)NCc2cc(C(C)C)no2)cc1. The molecule has 1 aromatic carbocycles. The molecular formula is C19H28N4O2. The van der Waals surface area contributed by atoms with Gasteiger partial charge in [0, 0.05) is 26.3 Å². The van der Waals surface area contributed by atoms with Gasteiger partial charge in [-0.05, 0) is 24.0 Å². The topological polar surface area (TPSA) is 71.7 Å². The van der Waals surface area contributed by atoms with Gasteiger partial charge < -0.3 is 19.9 Å². The number of nitrogens with zero attached hydrogens (tertiary/aromatic N) is 2. The minimum absolute atomic E-state index is 0.362. The third kappa shape index (κ3) is 6.23. The van der Waals surface area contributed by atoms with Gasteiger partial charge in [-0.25, -0.2) is 0 Å². The van der Waals surface area contributed by atoms with Crippen LogP contribution in [0.5, 0.6) is 0 Å². The van der Waals surface area contributed by atoms with E-state index in [0.29, 0.717) is 25.6 Å².